The zero-order chi connectivity index (χ0) is 23.7. The number of carbonyl (C=O) groups is 2. The Kier molecular flexibility index (Phi) is 5.81. The summed E-state index contributed by atoms with van der Waals surface area (Å²) in [5.41, 5.74) is 4.56. The molecule has 2 N–H and O–H groups in total. The Morgan fingerprint density at radius 2 is 1.82 bits per heavy atom. The molecule has 0 aliphatic heterocycles. The number of aromatic nitrogens is 3. The first-order valence-corrected chi connectivity index (χ1v) is 11.8. The molecule has 2 aromatic heterocycles. The van der Waals surface area contributed by atoms with Crippen LogP contribution in [-0.2, 0) is 9.53 Å². The average molecular weight is 471 g/mol. The number of rotatable bonds is 6. The van der Waals surface area contributed by atoms with E-state index in [0.717, 1.165) is 26.8 Å². The van der Waals surface area contributed by atoms with E-state index in [-0.39, 0.29) is 0 Å². The summed E-state index contributed by atoms with van der Waals surface area (Å²) >= 11 is 1.39. The number of fused-ring (bicyclic) bond motifs is 2. The van der Waals surface area contributed by atoms with Crippen LogP contribution in [0.2, 0.25) is 0 Å². The van der Waals surface area contributed by atoms with E-state index in [4.69, 9.17) is 4.74 Å². The van der Waals surface area contributed by atoms with Gasteiger partial charge >= 0.3 is 5.97 Å². The van der Waals surface area contributed by atoms with E-state index in [1.165, 1.54) is 11.3 Å². The maximum absolute atomic E-state index is 13.1. The van der Waals surface area contributed by atoms with E-state index in [1.807, 2.05) is 55.5 Å². The second-order valence-electron chi connectivity index (χ2n) is 7.93. The lowest BCUT2D eigenvalue weighted by Crippen LogP contribution is -2.32. The minimum atomic E-state index is -0.954. The Hall–Kier alpha value is -4.04. The molecule has 2 heterocycles. The van der Waals surface area contributed by atoms with E-state index < -0.39 is 18.0 Å². The molecule has 1 atom stereocenters. The van der Waals surface area contributed by atoms with Crippen molar-refractivity contribution in [2.45, 2.75) is 26.4 Å². The van der Waals surface area contributed by atoms with Gasteiger partial charge in [-0.2, -0.15) is 0 Å². The van der Waals surface area contributed by atoms with Gasteiger partial charge in [0, 0.05) is 5.56 Å². The molecule has 0 fully saturated rings. The molecule has 3 aromatic carbocycles. The van der Waals surface area contributed by atoms with Crippen molar-refractivity contribution in [1.82, 2.24) is 15.0 Å². The van der Waals surface area contributed by atoms with Crippen molar-refractivity contribution in [3.8, 4) is 11.4 Å². The molecule has 170 valence electrons. The van der Waals surface area contributed by atoms with E-state index in [1.54, 1.807) is 25.1 Å². The first-order chi connectivity index (χ1) is 16.5. The van der Waals surface area contributed by atoms with Gasteiger partial charge in [0.2, 0.25) is 0 Å². The third-order valence-electron chi connectivity index (χ3n) is 5.48. The maximum atomic E-state index is 13.1. The zero-order valence-electron chi connectivity index (χ0n) is 18.7. The summed E-state index contributed by atoms with van der Waals surface area (Å²) in [7, 11) is 0. The lowest BCUT2D eigenvalue weighted by Gasteiger charge is -2.16. The lowest BCUT2D eigenvalue weighted by atomic mass is 10.1. The third-order valence-corrected chi connectivity index (χ3v) is 6.41. The van der Waals surface area contributed by atoms with Crippen LogP contribution >= 0.6 is 11.3 Å². The Labute approximate surface area is 199 Å². The van der Waals surface area contributed by atoms with Crippen LogP contribution in [0.15, 0.2) is 66.7 Å². The molecule has 0 aliphatic rings. The van der Waals surface area contributed by atoms with Crippen molar-refractivity contribution in [3.05, 3.63) is 77.9 Å². The maximum Gasteiger partial charge on any atom is 0.339 e. The van der Waals surface area contributed by atoms with Crippen LogP contribution in [0.1, 0.15) is 29.3 Å². The number of nitrogens with zero attached hydrogens (tertiary/aromatic N) is 2. The molecule has 0 radical (unpaired) electrons. The molecule has 1 unspecified atom stereocenters. The number of para-hydroxylation sites is 2. The molecule has 0 saturated carbocycles. The van der Waals surface area contributed by atoms with Gasteiger partial charge < -0.3 is 9.72 Å². The van der Waals surface area contributed by atoms with E-state index in [2.05, 4.69) is 20.3 Å². The Balaban J connectivity index is 1.35. The summed E-state index contributed by atoms with van der Waals surface area (Å²) in [6.45, 7) is 3.80. The number of aryl methyl sites for hydroxylation is 1. The van der Waals surface area contributed by atoms with Crippen LogP contribution in [0.25, 0.3) is 32.6 Å². The number of imidazole rings is 1. The number of carbonyl (C=O) groups excluding carboxylic acids is 2. The monoisotopic (exact) mass is 470 g/mol. The Morgan fingerprint density at radius 1 is 1.03 bits per heavy atom. The van der Waals surface area contributed by atoms with Gasteiger partial charge in [0.25, 0.3) is 5.91 Å². The normalized spacial score (nSPS) is 12.1. The number of amides is 1. The first kappa shape index (κ1) is 21.8. The minimum absolute atomic E-state index is 0.328. The summed E-state index contributed by atoms with van der Waals surface area (Å²) in [4.78, 5) is 38.3. The molecule has 0 aliphatic carbocycles. The fourth-order valence-electron chi connectivity index (χ4n) is 3.73. The lowest BCUT2D eigenvalue weighted by molar-refractivity contribution is -0.124. The summed E-state index contributed by atoms with van der Waals surface area (Å²) in [5.74, 6) is -0.429. The van der Waals surface area contributed by atoms with Gasteiger partial charge in [-0.3, -0.25) is 10.1 Å². The summed E-state index contributed by atoms with van der Waals surface area (Å²) in [5, 5.41) is 3.27. The highest BCUT2D eigenvalue weighted by Crippen LogP contribution is 2.28. The fourth-order valence-corrected chi connectivity index (χ4v) is 4.70. The molecule has 5 rings (SSSR count). The number of hydrogen-bond acceptors (Lipinski definition) is 6. The SMILES string of the molecule is CCC(OC(=O)c1ccccc1-c1nc2ccccc2[nH]1)C(=O)Nc1nc2ccc(C)cc2s1. The van der Waals surface area contributed by atoms with Crippen molar-refractivity contribution in [3.63, 3.8) is 0 Å². The number of ether oxygens (including phenoxy) is 1. The number of anilines is 1. The van der Waals surface area contributed by atoms with Crippen LogP contribution in [-0.4, -0.2) is 32.9 Å². The van der Waals surface area contributed by atoms with Crippen molar-refractivity contribution < 1.29 is 14.3 Å². The number of benzene rings is 3. The molecule has 7 nitrogen and oxygen atoms in total. The van der Waals surface area contributed by atoms with Crippen LogP contribution in [0, 0.1) is 6.92 Å². The highest BCUT2D eigenvalue weighted by atomic mass is 32.1. The van der Waals surface area contributed by atoms with Crippen LogP contribution in [0.5, 0.6) is 0 Å². The van der Waals surface area contributed by atoms with Gasteiger partial charge in [-0.05, 0) is 49.2 Å². The highest BCUT2D eigenvalue weighted by Gasteiger charge is 2.25. The van der Waals surface area contributed by atoms with Crippen molar-refractivity contribution in [2.75, 3.05) is 5.32 Å². The largest absolute Gasteiger partial charge is 0.449 e. The van der Waals surface area contributed by atoms with Crippen LogP contribution < -0.4 is 5.32 Å². The van der Waals surface area contributed by atoms with Gasteiger partial charge in [-0.15, -0.1) is 0 Å². The molecule has 0 spiro atoms. The van der Waals surface area contributed by atoms with E-state index in [0.29, 0.717) is 28.5 Å². The molecular formula is C26H22N4O3S. The standard InChI is InChI=1S/C26H22N4O3S/c1-3-21(24(31)30-26-29-20-13-12-15(2)14-22(20)34-26)33-25(32)17-9-5-4-8-16(17)23-27-18-10-6-7-11-19(18)28-23/h4-14,21H,3H2,1-2H3,(H,27,28)(H,29,30,31). The van der Waals surface area contributed by atoms with Crippen molar-refractivity contribution >= 4 is 49.6 Å². The van der Waals surface area contributed by atoms with Crippen molar-refractivity contribution in [2.24, 2.45) is 0 Å². The van der Waals surface area contributed by atoms with Gasteiger partial charge in [0.1, 0.15) is 5.82 Å². The van der Waals surface area contributed by atoms with Gasteiger partial charge in [-0.1, -0.05) is 54.7 Å². The molecule has 0 bridgehead atoms. The average Bonchev–Trinajstić information content (AvgIpc) is 3.45. The van der Waals surface area contributed by atoms with E-state index >= 15 is 0 Å². The number of esters is 1. The zero-order valence-corrected chi connectivity index (χ0v) is 19.5. The second-order valence-corrected chi connectivity index (χ2v) is 8.96. The smallest absolute Gasteiger partial charge is 0.339 e. The number of H-pyrrole nitrogens is 1. The number of hydrogen-bond donors (Lipinski definition) is 2. The summed E-state index contributed by atoms with van der Waals surface area (Å²) < 4.78 is 6.62. The molecular weight excluding hydrogens is 448 g/mol. The molecule has 0 saturated heterocycles. The minimum Gasteiger partial charge on any atom is -0.449 e. The highest BCUT2D eigenvalue weighted by molar-refractivity contribution is 7.22. The van der Waals surface area contributed by atoms with Crippen LogP contribution in [0.4, 0.5) is 5.13 Å². The Bertz CT molecular complexity index is 1490. The van der Waals surface area contributed by atoms with E-state index in [9.17, 15) is 9.59 Å². The van der Waals surface area contributed by atoms with Crippen LogP contribution in [0.3, 0.4) is 0 Å². The fraction of sp³-hybridized carbons (Fsp3) is 0.154. The summed E-state index contributed by atoms with van der Waals surface area (Å²) in [6.07, 6.45) is -0.626. The van der Waals surface area contributed by atoms with Gasteiger partial charge in [0.15, 0.2) is 11.2 Å². The number of aromatic amines is 1. The molecule has 5 aromatic rings. The molecule has 34 heavy (non-hydrogen) atoms. The topological polar surface area (TPSA) is 97.0 Å². The number of nitrogens with one attached hydrogen (secondary N) is 2. The predicted octanol–water partition coefficient (Wildman–Crippen LogP) is 5.72. The van der Waals surface area contributed by atoms with Gasteiger partial charge in [-0.25, -0.2) is 14.8 Å². The molecule has 1 amide bonds. The predicted molar refractivity (Wildman–Crippen MR) is 134 cm³/mol. The quantitative estimate of drug-likeness (QED) is 0.309. The van der Waals surface area contributed by atoms with Gasteiger partial charge in [0.05, 0.1) is 26.8 Å². The third kappa shape index (κ3) is 4.27. The Morgan fingerprint density at radius 3 is 2.65 bits per heavy atom. The first-order valence-electron chi connectivity index (χ1n) is 10.9. The second kappa shape index (κ2) is 9.07. The summed E-state index contributed by atoms with van der Waals surface area (Å²) in [6, 6.07) is 20.6. The molecule has 8 heteroatoms. The van der Waals surface area contributed by atoms with Crippen molar-refractivity contribution in [1.29, 1.82) is 0 Å². The number of thiazole rings is 1.